The first kappa shape index (κ1) is 13.7. The summed E-state index contributed by atoms with van der Waals surface area (Å²) >= 11 is 1.53. The molecule has 0 radical (unpaired) electrons. The summed E-state index contributed by atoms with van der Waals surface area (Å²) < 4.78 is 5.39. The summed E-state index contributed by atoms with van der Waals surface area (Å²) in [5.41, 5.74) is 3.17. The van der Waals surface area contributed by atoms with Crippen molar-refractivity contribution in [2.45, 2.75) is 19.3 Å². The van der Waals surface area contributed by atoms with Crippen molar-refractivity contribution >= 4 is 21.6 Å². The largest absolute Gasteiger partial charge is 0.381 e. The summed E-state index contributed by atoms with van der Waals surface area (Å²) in [5, 5.41) is 2.71. The van der Waals surface area contributed by atoms with Crippen LogP contribution in [0.5, 0.6) is 0 Å². The smallest absolute Gasteiger partial charge is 0.260 e. The van der Waals surface area contributed by atoms with Crippen molar-refractivity contribution in [3.05, 3.63) is 51.4 Å². The zero-order chi connectivity index (χ0) is 15.1. The highest BCUT2D eigenvalue weighted by Crippen LogP contribution is 2.32. The predicted molar refractivity (Wildman–Crippen MR) is 88.6 cm³/mol. The number of rotatable bonds is 2. The van der Waals surface area contributed by atoms with Gasteiger partial charge in [0, 0.05) is 23.5 Å². The van der Waals surface area contributed by atoms with Gasteiger partial charge >= 0.3 is 0 Å². The van der Waals surface area contributed by atoms with Crippen LogP contribution in [0.25, 0.3) is 21.3 Å². The van der Waals surface area contributed by atoms with Gasteiger partial charge in [0.05, 0.1) is 12.0 Å². The number of aromatic nitrogens is 2. The number of aromatic amines is 1. The van der Waals surface area contributed by atoms with Crippen LogP contribution in [-0.4, -0.2) is 23.2 Å². The molecule has 1 aliphatic heterocycles. The van der Waals surface area contributed by atoms with Crippen molar-refractivity contribution in [1.29, 1.82) is 0 Å². The molecule has 3 heterocycles. The van der Waals surface area contributed by atoms with Gasteiger partial charge < -0.3 is 9.72 Å². The minimum Gasteiger partial charge on any atom is -0.381 e. The lowest BCUT2D eigenvalue weighted by Gasteiger charge is -2.06. The molecule has 0 aliphatic carbocycles. The van der Waals surface area contributed by atoms with E-state index in [-0.39, 0.29) is 11.5 Å². The van der Waals surface area contributed by atoms with E-state index in [1.807, 2.05) is 5.38 Å². The highest BCUT2D eigenvalue weighted by molar-refractivity contribution is 7.17. The predicted octanol–water partition coefficient (Wildman–Crippen LogP) is 3.46. The average molecular weight is 312 g/mol. The molecule has 1 N–H and O–H groups in total. The Morgan fingerprint density at radius 1 is 1.32 bits per heavy atom. The zero-order valence-corrected chi connectivity index (χ0v) is 13.1. The Hall–Kier alpha value is -1.98. The standard InChI is InChI=1S/C17H16N2O2S/c1-10-2-4-11(5-3-10)13-9-22-17-14(13)16(20)18-15(19-17)12-6-7-21-8-12/h2-5,9,12H,6-8H2,1H3,(H,18,19,20). The van der Waals surface area contributed by atoms with Crippen molar-refractivity contribution in [1.82, 2.24) is 9.97 Å². The number of benzene rings is 1. The summed E-state index contributed by atoms with van der Waals surface area (Å²) in [4.78, 5) is 21.0. The van der Waals surface area contributed by atoms with E-state index in [9.17, 15) is 4.79 Å². The molecule has 4 rings (SSSR count). The van der Waals surface area contributed by atoms with Gasteiger partial charge in [-0.3, -0.25) is 4.79 Å². The first-order valence-electron chi connectivity index (χ1n) is 7.38. The topological polar surface area (TPSA) is 55.0 Å². The number of thiophene rings is 1. The number of hydrogen-bond donors (Lipinski definition) is 1. The molecule has 5 heteroatoms. The van der Waals surface area contributed by atoms with E-state index in [0.29, 0.717) is 12.0 Å². The van der Waals surface area contributed by atoms with Gasteiger partial charge in [0.25, 0.3) is 5.56 Å². The fourth-order valence-corrected chi connectivity index (χ4v) is 3.81. The van der Waals surface area contributed by atoms with Gasteiger partial charge in [0.2, 0.25) is 0 Å². The van der Waals surface area contributed by atoms with Crippen molar-refractivity contribution < 1.29 is 4.74 Å². The third kappa shape index (κ3) is 2.26. The molecule has 0 saturated carbocycles. The maximum Gasteiger partial charge on any atom is 0.260 e. The average Bonchev–Trinajstić information content (AvgIpc) is 3.17. The molecular formula is C17H16N2O2S. The lowest BCUT2D eigenvalue weighted by atomic mass is 10.0. The van der Waals surface area contributed by atoms with E-state index >= 15 is 0 Å². The van der Waals surface area contributed by atoms with Gasteiger partial charge in [-0.2, -0.15) is 0 Å². The van der Waals surface area contributed by atoms with E-state index in [0.717, 1.165) is 34.8 Å². The molecule has 0 spiro atoms. The molecule has 1 aliphatic rings. The number of fused-ring (bicyclic) bond motifs is 1. The van der Waals surface area contributed by atoms with Crippen LogP contribution < -0.4 is 5.56 Å². The highest BCUT2D eigenvalue weighted by atomic mass is 32.1. The summed E-state index contributed by atoms with van der Waals surface area (Å²) in [5.74, 6) is 0.967. The van der Waals surface area contributed by atoms with Gasteiger partial charge in [-0.05, 0) is 18.9 Å². The van der Waals surface area contributed by atoms with Gasteiger partial charge in [0.15, 0.2) is 0 Å². The maximum absolute atomic E-state index is 12.5. The Morgan fingerprint density at radius 2 is 2.14 bits per heavy atom. The second kappa shape index (κ2) is 5.34. The van der Waals surface area contributed by atoms with Crippen LogP contribution in [0.1, 0.15) is 23.7 Å². The number of ether oxygens (including phenoxy) is 1. The third-order valence-electron chi connectivity index (χ3n) is 4.14. The van der Waals surface area contributed by atoms with Crippen LogP contribution in [0.4, 0.5) is 0 Å². The molecule has 112 valence electrons. The molecule has 2 aromatic heterocycles. The lowest BCUT2D eigenvalue weighted by molar-refractivity contribution is 0.193. The van der Waals surface area contributed by atoms with Crippen LogP contribution in [0, 0.1) is 6.92 Å². The monoisotopic (exact) mass is 312 g/mol. The quantitative estimate of drug-likeness (QED) is 0.788. The van der Waals surface area contributed by atoms with Crippen molar-refractivity contribution in [2.75, 3.05) is 13.2 Å². The fraction of sp³-hybridized carbons (Fsp3) is 0.294. The Balaban J connectivity index is 1.85. The van der Waals surface area contributed by atoms with Crippen LogP contribution in [-0.2, 0) is 4.74 Å². The highest BCUT2D eigenvalue weighted by Gasteiger charge is 2.22. The van der Waals surface area contributed by atoms with E-state index in [1.165, 1.54) is 16.9 Å². The first-order valence-corrected chi connectivity index (χ1v) is 8.26. The van der Waals surface area contributed by atoms with E-state index in [2.05, 4.69) is 41.2 Å². The lowest BCUT2D eigenvalue weighted by Crippen LogP contribution is -2.14. The summed E-state index contributed by atoms with van der Waals surface area (Å²) in [6.45, 7) is 3.44. The second-order valence-electron chi connectivity index (χ2n) is 5.71. The summed E-state index contributed by atoms with van der Waals surface area (Å²) in [6, 6.07) is 8.22. The fourth-order valence-electron chi connectivity index (χ4n) is 2.85. The number of nitrogens with zero attached hydrogens (tertiary/aromatic N) is 1. The number of aryl methyl sites for hydroxylation is 1. The van der Waals surface area contributed by atoms with E-state index in [1.54, 1.807) is 0 Å². The molecule has 0 bridgehead atoms. The molecule has 0 amide bonds. The van der Waals surface area contributed by atoms with Crippen LogP contribution in [0.3, 0.4) is 0 Å². The maximum atomic E-state index is 12.5. The van der Waals surface area contributed by atoms with Crippen LogP contribution in [0.15, 0.2) is 34.4 Å². The minimum absolute atomic E-state index is 0.0521. The summed E-state index contributed by atoms with van der Waals surface area (Å²) in [7, 11) is 0. The van der Waals surface area contributed by atoms with E-state index < -0.39 is 0 Å². The van der Waals surface area contributed by atoms with Crippen molar-refractivity contribution in [2.24, 2.45) is 0 Å². The number of nitrogens with one attached hydrogen (secondary N) is 1. The van der Waals surface area contributed by atoms with Crippen molar-refractivity contribution in [3.63, 3.8) is 0 Å². The molecule has 1 aromatic carbocycles. The summed E-state index contributed by atoms with van der Waals surface area (Å²) in [6.07, 6.45) is 0.921. The Bertz CT molecular complexity index is 874. The van der Waals surface area contributed by atoms with Gasteiger partial charge in [0.1, 0.15) is 10.7 Å². The first-order chi connectivity index (χ1) is 10.7. The molecule has 1 unspecified atom stereocenters. The molecule has 4 nitrogen and oxygen atoms in total. The van der Waals surface area contributed by atoms with Crippen molar-refractivity contribution in [3.8, 4) is 11.1 Å². The normalized spacial score (nSPS) is 18.1. The van der Waals surface area contributed by atoms with Crippen LogP contribution in [0.2, 0.25) is 0 Å². The Kier molecular flexibility index (Phi) is 3.32. The number of H-pyrrole nitrogens is 1. The van der Waals surface area contributed by atoms with E-state index in [4.69, 9.17) is 4.74 Å². The van der Waals surface area contributed by atoms with Gasteiger partial charge in [-0.15, -0.1) is 11.3 Å². The molecule has 22 heavy (non-hydrogen) atoms. The van der Waals surface area contributed by atoms with Gasteiger partial charge in [-0.25, -0.2) is 4.98 Å². The Labute approximate surface area is 131 Å². The number of hydrogen-bond acceptors (Lipinski definition) is 4. The molecule has 1 fully saturated rings. The van der Waals surface area contributed by atoms with Gasteiger partial charge in [-0.1, -0.05) is 29.8 Å². The third-order valence-corrected chi connectivity index (χ3v) is 5.01. The Morgan fingerprint density at radius 3 is 2.86 bits per heavy atom. The zero-order valence-electron chi connectivity index (χ0n) is 12.3. The molecule has 1 saturated heterocycles. The minimum atomic E-state index is -0.0521. The SMILES string of the molecule is Cc1ccc(-c2csc3nc(C4CCOC4)[nH]c(=O)c23)cc1. The second-order valence-corrected chi connectivity index (χ2v) is 6.57. The van der Waals surface area contributed by atoms with Crippen LogP contribution >= 0.6 is 11.3 Å². The molecule has 3 aromatic rings. The molecule has 1 atom stereocenters. The molecular weight excluding hydrogens is 296 g/mol.